The van der Waals surface area contributed by atoms with E-state index >= 15 is 0 Å². The molecule has 102 valence electrons. The molecular formula is C15H32N2. The molecule has 0 radical (unpaired) electrons. The van der Waals surface area contributed by atoms with Crippen molar-refractivity contribution in [3.8, 4) is 0 Å². The number of hydrogen-bond acceptors (Lipinski definition) is 2. The van der Waals surface area contributed by atoms with Gasteiger partial charge < -0.3 is 5.73 Å². The van der Waals surface area contributed by atoms with Gasteiger partial charge in [0.15, 0.2) is 0 Å². The minimum Gasteiger partial charge on any atom is -0.329 e. The van der Waals surface area contributed by atoms with Gasteiger partial charge in [-0.15, -0.1) is 0 Å². The normalized spacial score (nSPS) is 18.0. The molecule has 0 aromatic heterocycles. The van der Waals surface area contributed by atoms with Gasteiger partial charge in [-0.3, -0.25) is 4.90 Å². The van der Waals surface area contributed by atoms with E-state index < -0.39 is 0 Å². The summed E-state index contributed by atoms with van der Waals surface area (Å²) in [7, 11) is 0. The third-order valence-corrected chi connectivity index (χ3v) is 3.72. The van der Waals surface area contributed by atoms with Gasteiger partial charge in [0.2, 0.25) is 0 Å². The average Bonchev–Trinajstić information content (AvgIpc) is 3.10. The van der Waals surface area contributed by atoms with Crippen LogP contribution in [-0.2, 0) is 0 Å². The first-order valence-electron chi connectivity index (χ1n) is 7.64. The monoisotopic (exact) mass is 240 g/mol. The van der Waals surface area contributed by atoms with Crippen LogP contribution in [0.15, 0.2) is 0 Å². The Labute approximate surface area is 108 Å². The second-order valence-electron chi connectivity index (χ2n) is 6.06. The second-order valence-corrected chi connectivity index (χ2v) is 6.06. The zero-order valence-corrected chi connectivity index (χ0v) is 12.1. The van der Waals surface area contributed by atoms with E-state index in [9.17, 15) is 0 Å². The van der Waals surface area contributed by atoms with Crippen LogP contribution in [0.2, 0.25) is 0 Å². The van der Waals surface area contributed by atoms with Gasteiger partial charge in [-0.05, 0) is 25.2 Å². The average molecular weight is 240 g/mol. The molecule has 0 aromatic rings. The summed E-state index contributed by atoms with van der Waals surface area (Å²) in [4.78, 5) is 2.70. The SMILES string of the molecule is CCCCCCC(CN)N(CC(C)C)C1CC1. The van der Waals surface area contributed by atoms with Crippen molar-refractivity contribution in [1.29, 1.82) is 0 Å². The summed E-state index contributed by atoms with van der Waals surface area (Å²) in [6.45, 7) is 8.99. The van der Waals surface area contributed by atoms with Crippen molar-refractivity contribution in [2.45, 2.75) is 77.8 Å². The Hall–Kier alpha value is -0.0800. The number of hydrogen-bond donors (Lipinski definition) is 1. The molecule has 2 N–H and O–H groups in total. The molecule has 0 amide bonds. The summed E-state index contributed by atoms with van der Waals surface area (Å²) in [5, 5.41) is 0. The maximum Gasteiger partial charge on any atom is 0.0221 e. The van der Waals surface area contributed by atoms with Crippen molar-refractivity contribution in [3.63, 3.8) is 0 Å². The Bertz CT molecular complexity index is 187. The summed E-state index contributed by atoms with van der Waals surface area (Å²) in [5.74, 6) is 0.764. The molecule has 1 unspecified atom stereocenters. The van der Waals surface area contributed by atoms with Crippen LogP contribution in [0.3, 0.4) is 0 Å². The third kappa shape index (κ3) is 5.87. The van der Waals surface area contributed by atoms with Crippen molar-refractivity contribution in [3.05, 3.63) is 0 Å². The van der Waals surface area contributed by atoms with E-state index in [2.05, 4.69) is 25.7 Å². The minimum absolute atomic E-state index is 0.641. The molecule has 1 rings (SSSR count). The van der Waals surface area contributed by atoms with Crippen LogP contribution in [0.5, 0.6) is 0 Å². The number of unbranched alkanes of at least 4 members (excludes halogenated alkanes) is 3. The topological polar surface area (TPSA) is 29.3 Å². The number of nitrogens with zero attached hydrogens (tertiary/aromatic N) is 1. The number of nitrogens with two attached hydrogens (primary N) is 1. The first kappa shape index (κ1) is 15.0. The number of rotatable bonds is 10. The highest BCUT2D eigenvalue weighted by atomic mass is 15.2. The van der Waals surface area contributed by atoms with Gasteiger partial charge in [-0.2, -0.15) is 0 Å². The van der Waals surface area contributed by atoms with Gasteiger partial charge in [-0.25, -0.2) is 0 Å². The Balaban J connectivity index is 2.33. The third-order valence-electron chi connectivity index (χ3n) is 3.72. The lowest BCUT2D eigenvalue weighted by Gasteiger charge is -2.32. The van der Waals surface area contributed by atoms with Crippen molar-refractivity contribution >= 4 is 0 Å². The summed E-state index contributed by atoms with van der Waals surface area (Å²) < 4.78 is 0. The molecule has 1 atom stereocenters. The Kier molecular flexibility index (Phi) is 7.14. The van der Waals surface area contributed by atoms with E-state index in [4.69, 9.17) is 5.73 Å². The van der Waals surface area contributed by atoms with Crippen molar-refractivity contribution in [2.75, 3.05) is 13.1 Å². The highest BCUT2D eigenvalue weighted by molar-refractivity contribution is 4.89. The molecule has 1 saturated carbocycles. The molecule has 0 heterocycles. The lowest BCUT2D eigenvalue weighted by Crippen LogP contribution is -2.44. The molecule has 1 aliphatic carbocycles. The quantitative estimate of drug-likeness (QED) is 0.593. The van der Waals surface area contributed by atoms with Crippen LogP contribution in [0, 0.1) is 5.92 Å². The van der Waals surface area contributed by atoms with E-state index in [1.807, 2.05) is 0 Å². The fourth-order valence-corrected chi connectivity index (χ4v) is 2.65. The van der Waals surface area contributed by atoms with E-state index in [1.165, 1.54) is 51.5 Å². The fraction of sp³-hybridized carbons (Fsp3) is 1.00. The maximum atomic E-state index is 5.99. The lowest BCUT2D eigenvalue weighted by atomic mass is 10.0. The van der Waals surface area contributed by atoms with Gasteiger partial charge in [0.25, 0.3) is 0 Å². The second kappa shape index (κ2) is 8.10. The van der Waals surface area contributed by atoms with Crippen molar-refractivity contribution in [2.24, 2.45) is 11.7 Å². The highest BCUT2D eigenvalue weighted by Gasteiger charge is 2.33. The summed E-state index contributed by atoms with van der Waals surface area (Å²) in [6.07, 6.45) is 9.55. The molecule has 1 aliphatic rings. The van der Waals surface area contributed by atoms with E-state index in [1.54, 1.807) is 0 Å². The maximum absolute atomic E-state index is 5.99. The van der Waals surface area contributed by atoms with Gasteiger partial charge in [0.05, 0.1) is 0 Å². The molecule has 2 heteroatoms. The predicted octanol–water partition coefficient (Wildman–Crippen LogP) is 3.40. The van der Waals surface area contributed by atoms with Crippen LogP contribution in [0.1, 0.15) is 65.7 Å². The molecule has 17 heavy (non-hydrogen) atoms. The minimum atomic E-state index is 0.641. The smallest absolute Gasteiger partial charge is 0.0221 e. The van der Waals surface area contributed by atoms with Crippen LogP contribution in [0.4, 0.5) is 0 Å². The van der Waals surface area contributed by atoms with Crippen molar-refractivity contribution < 1.29 is 0 Å². The first-order chi connectivity index (χ1) is 8.19. The zero-order valence-electron chi connectivity index (χ0n) is 12.1. The predicted molar refractivity (Wildman–Crippen MR) is 76.2 cm³/mol. The molecule has 0 aromatic carbocycles. The fourth-order valence-electron chi connectivity index (χ4n) is 2.65. The molecule has 0 saturated heterocycles. The molecule has 2 nitrogen and oxygen atoms in total. The van der Waals surface area contributed by atoms with Gasteiger partial charge in [-0.1, -0.05) is 46.5 Å². The standard InChI is InChI=1S/C15H32N2/c1-4-5-6-7-8-15(11-16)17(12-13(2)3)14-9-10-14/h13-15H,4-12,16H2,1-3H3. The highest BCUT2D eigenvalue weighted by Crippen LogP contribution is 2.30. The van der Waals surface area contributed by atoms with Crippen molar-refractivity contribution in [1.82, 2.24) is 4.90 Å². The van der Waals surface area contributed by atoms with Gasteiger partial charge >= 0.3 is 0 Å². The van der Waals surface area contributed by atoms with Crippen LogP contribution in [-0.4, -0.2) is 30.1 Å². The molecule has 0 bridgehead atoms. The van der Waals surface area contributed by atoms with E-state index in [0.29, 0.717) is 6.04 Å². The van der Waals surface area contributed by atoms with Crippen LogP contribution in [0.25, 0.3) is 0 Å². The van der Waals surface area contributed by atoms with Crippen LogP contribution < -0.4 is 5.73 Å². The Morgan fingerprint density at radius 2 is 1.88 bits per heavy atom. The van der Waals surface area contributed by atoms with E-state index in [-0.39, 0.29) is 0 Å². The lowest BCUT2D eigenvalue weighted by molar-refractivity contribution is 0.158. The molecular weight excluding hydrogens is 208 g/mol. The van der Waals surface area contributed by atoms with Gasteiger partial charge in [0, 0.05) is 25.2 Å². The largest absolute Gasteiger partial charge is 0.329 e. The van der Waals surface area contributed by atoms with E-state index in [0.717, 1.165) is 18.5 Å². The first-order valence-corrected chi connectivity index (χ1v) is 7.64. The van der Waals surface area contributed by atoms with Crippen LogP contribution >= 0.6 is 0 Å². The summed E-state index contributed by atoms with van der Waals surface area (Å²) >= 11 is 0. The van der Waals surface area contributed by atoms with Gasteiger partial charge in [0.1, 0.15) is 0 Å². The Morgan fingerprint density at radius 3 is 2.35 bits per heavy atom. The summed E-state index contributed by atoms with van der Waals surface area (Å²) in [6, 6.07) is 1.50. The zero-order chi connectivity index (χ0) is 12.7. The Morgan fingerprint density at radius 1 is 1.18 bits per heavy atom. The summed E-state index contributed by atoms with van der Waals surface area (Å²) in [5.41, 5.74) is 5.99. The molecule has 0 spiro atoms. The molecule has 1 fully saturated rings. The molecule has 0 aliphatic heterocycles.